The van der Waals surface area contributed by atoms with Gasteiger partial charge in [-0.3, -0.25) is 4.79 Å². The van der Waals surface area contributed by atoms with Crippen molar-refractivity contribution in [2.24, 2.45) is 0 Å². The van der Waals surface area contributed by atoms with Crippen molar-refractivity contribution < 1.29 is 4.79 Å². The second-order valence-corrected chi connectivity index (χ2v) is 5.64. The van der Waals surface area contributed by atoms with Gasteiger partial charge in [0.1, 0.15) is 0 Å². The molecule has 0 aliphatic heterocycles. The molecule has 0 radical (unpaired) electrons. The minimum absolute atomic E-state index is 0.221. The van der Waals surface area contributed by atoms with Crippen molar-refractivity contribution in [2.45, 2.75) is 13.3 Å². The number of hydrogen-bond donors (Lipinski definition) is 2. The molecule has 0 bridgehead atoms. The molecule has 3 N–H and O–H groups in total. The first-order valence-corrected chi connectivity index (χ1v) is 7.31. The highest BCUT2D eigenvalue weighted by Gasteiger charge is 2.13. The van der Waals surface area contributed by atoms with Crippen molar-refractivity contribution in [3.8, 4) is 0 Å². The topological polar surface area (TPSA) is 55.1 Å². The van der Waals surface area contributed by atoms with E-state index < -0.39 is 0 Å². The lowest BCUT2D eigenvalue weighted by molar-refractivity contribution is 0.0954. The zero-order chi connectivity index (χ0) is 15.4. The van der Waals surface area contributed by atoms with Crippen molar-refractivity contribution >= 4 is 34.8 Å². The second kappa shape index (κ2) is 6.83. The third-order valence-corrected chi connectivity index (χ3v) is 3.88. The smallest absolute Gasteiger partial charge is 0.252 e. The number of nitrogen functional groups attached to an aromatic ring is 1. The molecule has 0 saturated heterocycles. The van der Waals surface area contributed by atoms with Gasteiger partial charge in [-0.05, 0) is 31.0 Å². The van der Waals surface area contributed by atoms with Crippen LogP contribution in [0.5, 0.6) is 0 Å². The fourth-order valence-corrected chi connectivity index (χ4v) is 2.48. The fourth-order valence-electron chi connectivity index (χ4n) is 2.06. The normalized spacial score (nSPS) is 10.4. The number of benzene rings is 2. The van der Waals surface area contributed by atoms with Crippen LogP contribution in [0, 0.1) is 6.92 Å². The van der Waals surface area contributed by atoms with Crippen LogP contribution in [-0.2, 0) is 6.42 Å². The Kier molecular flexibility index (Phi) is 5.10. The van der Waals surface area contributed by atoms with E-state index in [0.717, 1.165) is 6.42 Å². The maximum Gasteiger partial charge on any atom is 0.252 e. The number of anilines is 1. The Morgan fingerprint density at radius 3 is 2.71 bits per heavy atom. The van der Waals surface area contributed by atoms with Crippen molar-refractivity contribution in [1.29, 1.82) is 0 Å². The van der Waals surface area contributed by atoms with Gasteiger partial charge in [-0.2, -0.15) is 0 Å². The molecule has 0 spiro atoms. The van der Waals surface area contributed by atoms with E-state index in [4.69, 9.17) is 28.9 Å². The van der Waals surface area contributed by atoms with E-state index in [2.05, 4.69) is 11.4 Å². The number of carbonyl (C=O) groups is 1. The van der Waals surface area contributed by atoms with E-state index in [1.54, 1.807) is 0 Å². The Bertz CT molecular complexity index is 671. The van der Waals surface area contributed by atoms with Gasteiger partial charge in [0.2, 0.25) is 0 Å². The molecule has 2 rings (SSSR count). The van der Waals surface area contributed by atoms with Crippen molar-refractivity contribution in [1.82, 2.24) is 5.32 Å². The highest BCUT2D eigenvalue weighted by atomic mass is 35.5. The van der Waals surface area contributed by atoms with Gasteiger partial charge in [0.05, 0.1) is 15.6 Å². The lowest BCUT2D eigenvalue weighted by Gasteiger charge is -2.09. The van der Waals surface area contributed by atoms with E-state index in [0.29, 0.717) is 17.8 Å². The lowest BCUT2D eigenvalue weighted by Crippen LogP contribution is -2.26. The average Bonchev–Trinajstić information content (AvgIpc) is 2.42. The Balaban J connectivity index is 1.99. The summed E-state index contributed by atoms with van der Waals surface area (Å²) in [6.45, 7) is 2.56. The van der Waals surface area contributed by atoms with E-state index in [1.807, 2.05) is 25.1 Å². The van der Waals surface area contributed by atoms with Crippen LogP contribution in [0.2, 0.25) is 10.0 Å². The summed E-state index contributed by atoms with van der Waals surface area (Å²) in [5, 5.41) is 3.32. The van der Waals surface area contributed by atoms with Gasteiger partial charge in [-0.1, -0.05) is 53.0 Å². The molecule has 0 aliphatic carbocycles. The van der Waals surface area contributed by atoms with Crippen LogP contribution >= 0.6 is 23.2 Å². The van der Waals surface area contributed by atoms with Crippen LogP contribution in [0.4, 0.5) is 5.69 Å². The molecule has 0 saturated carbocycles. The van der Waals surface area contributed by atoms with Crippen LogP contribution in [0.1, 0.15) is 21.5 Å². The number of hydrogen-bond acceptors (Lipinski definition) is 2. The van der Waals surface area contributed by atoms with Gasteiger partial charge in [0.15, 0.2) is 0 Å². The summed E-state index contributed by atoms with van der Waals surface area (Å²) >= 11 is 11.9. The Morgan fingerprint density at radius 2 is 2.00 bits per heavy atom. The summed E-state index contributed by atoms with van der Waals surface area (Å²) in [6, 6.07) is 11.2. The number of carbonyl (C=O) groups excluding carboxylic acids is 1. The number of nitrogens with two attached hydrogens (primary N) is 1. The van der Waals surface area contributed by atoms with Crippen LogP contribution < -0.4 is 11.1 Å². The summed E-state index contributed by atoms with van der Waals surface area (Å²) in [4.78, 5) is 12.1. The van der Waals surface area contributed by atoms with Crippen molar-refractivity contribution in [3.05, 3.63) is 63.1 Å². The molecule has 110 valence electrons. The monoisotopic (exact) mass is 322 g/mol. The molecule has 5 heteroatoms. The number of nitrogens with one attached hydrogen (secondary N) is 1. The quantitative estimate of drug-likeness (QED) is 0.840. The summed E-state index contributed by atoms with van der Waals surface area (Å²) in [5.74, 6) is -0.276. The molecule has 0 aromatic heterocycles. The maximum absolute atomic E-state index is 12.1. The molecule has 0 atom stereocenters. The van der Waals surface area contributed by atoms with E-state index in [-0.39, 0.29) is 16.0 Å². The zero-order valence-corrected chi connectivity index (χ0v) is 13.1. The largest absolute Gasteiger partial charge is 0.399 e. The highest BCUT2D eigenvalue weighted by molar-refractivity contribution is 6.44. The standard InChI is InChI=1S/C16H16Cl2N2O/c1-10-3-2-4-11(7-10)5-6-20-16(21)13-8-12(19)9-14(17)15(13)18/h2-4,7-9H,5-6,19H2,1H3,(H,20,21). The molecule has 2 aromatic carbocycles. The highest BCUT2D eigenvalue weighted by Crippen LogP contribution is 2.28. The summed E-state index contributed by atoms with van der Waals surface area (Å²) in [6.07, 6.45) is 0.751. The van der Waals surface area contributed by atoms with E-state index >= 15 is 0 Å². The van der Waals surface area contributed by atoms with Crippen LogP contribution in [0.15, 0.2) is 36.4 Å². The van der Waals surface area contributed by atoms with Crippen molar-refractivity contribution in [3.63, 3.8) is 0 Å². The van der Waals surface area contributed by atoms with Gasteiger partial charge in [0.25, 0.3) is 5.91 Å². The lowest BCUT2D eigenvalue weighted by atomic mass is 10.1. The molecule has 0 unspecified atom stereocenters. The first-order valence-electron chi connectivity index (χ1n) is 6.55. The molecule has 0 fully saturated rings. The molecule has 1 amide bonds. The van der Waals surface area contributed by atoms with Gasteiger partial charge in [0, 0.05) is 12.2 Å². The van der Waals surface area contributed by atoms with Gasteiger partial charge in [-0.15, -0.1) is 0 Å². The SMILES string of the molecule is Cc1cccc(CCNC(=O)c2cc(N)cc(Cl)c2Cl)c1. The predicted molar refractivity (Wildman–Crippen MR) is 88.1 cm³/mol. The Hall–Kier alpha value is -1.71. The first kappa shape index (κ1) is 15.7. The summed E-state index contributed by atoms with van der Waals surface area (Å²) < 4.78 is 0. The third-order valence-electron chi connectivity index (χ3n) is 3.08. The predicted octanol–water partition coefficient (Wildman–Crippen LogP) is 3.86. The number of halogens is 2. The summed E-state index contributed by atoms with van der Waals surface area (Å²) in [5.41, 5.74) is 8.76. The zero-order valence-electron chi connectivity index (χ0n) is 11.6. The third kappa shape index (κ3) is 4.13. The molecular formula is C16H16Cl2N2O. The average molecular weight is 323 g/mol. The number of rotatable bonds is 4. The first-order chi connectivity index (χ1) is 9.97. The van der Waals surface area contributed by atoms with Gasteiger partial charge < -0.3 is 11.1 Å². The van der Waals surface area contributed by atoms with Gasteiger partial charge in [-0.25, -0.2) is 0 Å². The molecule has 2 aromatic rings. The summed E-state index contributed by atoms with van der Waals surface area (Å²) in [7, 11) is 0. The Morgan fingerprint density at radius 1 is 1.24 bits per heavy atom. The fraction of sp³-hybridized carbons (Fsp3) is 0.188. The van der Waals surface area contributed by atoms with E-state index in [1.165, 1.54) is 23.3 Å². The number of aryl methyl sites for hydroxylation is 1. The van der Waals surface area contributed by atoms with E-state index in [9.17, 15) is 4.79 Å². The molecule has 3 nitrogen and oxygen atoms in total. The Labute approximate surface area is 134 Å². The molecule has 21 heavy (non-hydrogen) atoms. The van der Waals surface area contributed by atoms with Crippen LogP contribution in [-0.4, -0.2) is 12.5 Å². The van der Waals surface area contributed by atoms with Crippen molar-refractivity contribution in [2.75, 3.05) is 12.3 Å². The van der Waals surface area contributed by atoms with Gasteiger partial charge >= 0.3 is 0 Å². The molecule has 0 aliphatic rings. The minimum atomic E-state index is -0.276. The second-order valence-electron chi connectivity index (χ2n) is 4.86. The molecule has 0 heterocycles. The van der Waals surface area contributed by atoms with Crippen LogP contribution in [0.25, 0.3) is 0 Å². The molecular weight excluding hydrogens is 307 g/mol. The maximum atomic E-state index is 12.1. The number of amides is 1. The van der Waals surface area contributed by atoms with Crippen LogP contribution in [0.3, 0.4) is 0 Å². The minimum Gasteiger partial charge on any atom is -0.399 e.